The Morgan fingerprint density at radius 1 is 1.02 bits per heavy atom. The minimum Gasteiger partial charge on any atom is -0.354 e. The van der Waals surface area contributed by atoms with Crippen LogP contribution in [0.3, 0.4) is 0 Å². The zero-order valence-corrected chi connectivity index (χ0v) is 24.6. The molecule has 0 unspecified atom stereocenters. The molecule has 2 aromatic carbocycles. The topological polar surface area (TPSA) is 77.1 Å². The van der Waals surface area contributed by atoms with Crippen LogP contribution in [0, 0.1) is 0 Å². The largest absolute Gasteiger partial charge is 0.416 e. The van der Waals surface area contributed by atoms with Crippen molar-refractivity contribution in [1.29, 1.82) is 0 Å². The van der Waals surface area contributed by atoms with Crippen LogP contribution in [0.5, 0.6) is 0 Å². The minimum absolute atomic E-state index is 0.191. The number of benzene rings is 2. The van der Waals surface area contributed by atoms with Gasteiger partial charge in [0, 0.05) is 50.4 Å². The summed E-state index contributed by atoms with van der Waals surface area (Å²) in [5.74, 6) is -0.0595. The van der Waals surface area contributed by atoms with E-state index in [0.717, 1.165) is 38.8 Å². The van der Waals surface area contributed by atoms with E-state index >= 15 is 0 Å². The first kappa shape index (κ1) is 29.5. The standard InChI is InChI=1S/C27H27ClF3N5O3S2/c1-33(41(2,38)39)23-6-4-3-5-21(23)26(37)36-10-9-18-15-20(7-8-22(18)36)40-35-13-11-34(12-14-35)25-17-19(27(29,30)31)16-24(28)32-25/h3-8,15-17H,9-14H2,1-2H3. The number of aromatic nitrogens is 1. The van der Waals surface area contributed by atoms with Crippen molar-refractivity contribution >= 4 is 56.7 Å². The monoisotopic (exact) mass is 625 g/mol. The fraction of sp³-hybridized carbons (Fsp3) is 0.333. The van der Waals surface area contributed by atoms with Gasteiger partial charge in [0.1, 0.15) is 11.0 Å². The summed E-state index contributed by atoms with van der Waals surface area (Å²) in [6.07, 6.45) is -2.74. The van der Waals surface area contributed by atoms with E-state index in [1.54, 1.807) is 46.0 Å². The highest BCUT2D eigenvalue weighted by molar-refractivity contribution is 7.97. The molecule has 1 amide bonds. The third-order valence-electron chi connectivity index (χ3n) is 7.07. The summed E-state index contributed by atoms with van der Waals surface area (Å²) in [4.78, 5) is 22.1. The third-order valence-corrected chi connectivity index (χ3v) is 9.54. The number of halogens is 4. The van der Waals surface area contributed by atoms with E-state index in [2.05, 4.69) is 9.29 Å². The van der Waals surface area contributed by atoms with Gasteiger partial charge < -0.3 is 9.80 Å². The van der Waals surface area contributed by atoms with Crippen molar-refractivity contribution in [2.75, 3.05) is 60.1 Å². The molecule has 0 atom stereocenters. The minimum atomic E-state index is -4.50. The molecule has 5 rings (SSSR count). The summed E-state index contributed by atoms with van der Waals surface area (Å²) in [5.41, 5.74) is 1.61. The van der Waals surface area contributed by atoms with E-state index in [0.29, 0.717) is 50.4 Å². The molecule has 0 bridgehead atoms. The van der Waals surface area contributed by atoms with Crippen molar-refractivity contribution in [2.24, 2.45) is 0 Å². The first-order chi connectivity index (χ1) is 19.3. The number of carbonyl (C=O) groups excluding carboxylic acids is 1. The average Bonchev–Trinajstić information content (AvgIpc) is 3.34. The van der Waals surface area contributed by atoms with Gasteiger partial charge in [0.2, 0.25) is 10.0 Å². The number of pyridine rings is 1. The molecule has 0 spiro atoms. The summed E-state index contributed by atoms with van der Waals surface area (Å²) < 4.78 is 67.1. The van der Waals surface area contributed by atoms with Gasteiger partial charge in [-0.2, -0.15) is 13.2 Å². The summed E-state index contributed by atoms with van der Waals surface area (Å²) in [6, 6.07) is 14.4. The van der Waals surface area contributed by atoms with E-state index in [9.17, 15) is 26.4 Å². The molecule has 2 aliphatic rings. The van der Waals surface area contributed by atoms with Gasteiger partial charge in [0.25, 0.3) is 5.91 Å². The third kappa shape index (κ3) is 6.42. The first-order valence-corrected chi connectivity index (χ1v) is 15.7. The highest BCUT2D eigenvalue weighted by atomic mass is 35.5. The van der Waals surface area contributed by atoms with E-state index in [4.69, 9.17) is 11.6 Å². The maximum absolute atomic E-state index is 13.5. The highest BCUT2D eigenvalue weighted by Crippen LogP contribution is 2.36. The average molecular weight is 626 g/mol. The number of hydrogen-bond donors (Lipinski definition) is 0. The molecule has 218 valence electrons. The van der Waals surface area contributed by atoms with Crippen LogP contribution < -0.4 is 14.1 Å². The van der Waals surface area contributed by atoms with Crippen molar-refractivity contribution in [2.45, 2.75) is 17.5 Å². The van der Waals surface area contributed by atoms with Gasteiger partial charge in [-0.15, -0.1) is 0 Å². The Balaban J connectivity index is 1.25. The van der Waals surface area contributed by atoms with Crippen LogP contribution in [-0.2, 0) is 22.6 Å². The number of amides is 1. The first-order valence-electron chi connectivity index (χ1n) is 12.7. The molecule has 0 N–H and O–H groups in total. The van der Waals surface area contributed by atoms with Crippen molar-refractivity contribution in [3.05, 3.63) is 76.4 Å². The van der Waals surface area contributed by atoms with Gasteiger partial charge >= 0.3 is 6.18 Å². The normalized spacial score (nSPS) is 16.1. The molecule has 1 fully saturated rings. The summed E-state index contributed by atoms with van der Waals surface area (Å²) >= 11 is 7.42. The fourth-order valence-corrected chi connectivity index (χ4v) is 6.55. The molecule has 3 heterocycles. The van der Waals surface area contributed by atoms with E-state index in [1.807, 2.05) is 18.2 Å². The molecule has 2 aliphatic heterocycles. The highest BCUT2D eigenvalue weighted by Gasteiger charge is 2.33. The molecule has 3 aromatic rings. The van der Waals surface area contributed by atoms with Crippen LogP contribution in [-0.4, -0.2) is 69.6 Å². The summed E-state index contributed by atoms with van der Waals surface area (Å²) in [6.45, 7) is 2.67. The van der Waals surface area contributed by atoms with Crippen LogP contribution >= 0.6 is 23.5 Å². The van der Waals surface area contributed by atoms with E-state index in [1.165, 1.54) is 7.05 Å². The van der Waals surface area contributed by atoms with Crippen LogP contribution in [0.2, 0.25) is 5.15 Å². The second-order valence-electron chi connectivity index (χ2n) is 9.79. The molecular weight excluding hydrogens is 599 g/mol. The molecule has 41 heavy (non-hydrogen) atoms. The number of alkyl halides is 3. The van der Waals surface area contributed by atoms with Crippen LogP contribution in [0.25, 0.3) is 0 Å². The fourth-order valence-electron chi connectivity index (χ4n) is 4.87. The number of nitrogens with zero attached hydrogens (tertiary/aromatic N) is 5. The van der Waals surface area contributed by atoms with Gasteiger partial charge in [-0.3, -0.25) is 9.10 Å². The molecule has 0 saturated carbocycles. The second kappa shape index (κ2) is 11.3. The number of fused-ring (bicyclic) bond motifs is 1. The summed E-state index contributed by atoms with van der Waals surface area (Å²) in [7, 11) is -2.12. The predicted molar refractivity (Wildman–Crippen MR) is 155 cm³/mol. The number of carbonyl (C=O) groups is 1. The lowest BCUT2D eigenvalue weighted by Gasteiger charge is -2.34. The SMILES string of the molecule is CN(c1ccccc1C(=O)N1CCc2cc(SN3CCN(c4cc(C(F)(F)F)cc(Cl)n4)CC3)ccc21)S(C)(=O)=O. The molecule has 1 saturated heterocycles. The van der Waals surface area contributed by atoms with Gasteiger partial charge in [0.05, 0.1) is 23.1 Å². The molecular formula is C27H27ClF3N5O3S2. The van der Waals surface area contributed by atoms with Gasteiger partial charge in [-0.05, 0) is 66.4 Å². The lowest BCUT2D eigenvalue weighted by atomic mass is 10.1. The number of rotatable bonds is 6. The quantitative estimate of drug-likeness (QED) is 0.276. The van der Waals surface area contributed by atoms with Crippen molar-refractivity contribution < 1.29 is 26.4 Å². The lowest BCUT2D eigenvalue weighted by Crippen LogP contribution is -2.43. The second-order valence-corrected chi connectivity index (χ2v) is 13.4. The Hall–Kier alpha value is -3.00. The number of para-hydroxylation sites is 1. The zero-order chi connectivity index (χ0) is 29.5. The molecule has 0 aliphatic carbocycles. The predicted octanol–water partition coefficient (Wildman–Crippen LogP) is 5.18. The Morgan fingerprint density at radius 2 is 1.73 bits per heavy atom. The van der Waals surface area contributed by atoms with Gasteiger partial charge in [-0.1, -0.05) is 23.7 Å². The van der Waals surface area contributed by atoms with Crippen molar-refractivity contribution in [3.63, 3.8) is 0 Å². The number of hydrogen-bond acceptors (Lipinski definition) is 7. The molecule has 0 radical (unpaired) electrons. The Labute approximate surface area is 245 Å². The molecule has 14 heteroatoms. The lowest BCUT2D eigenvalue weighted by molar-refractivity contribution is -0.137. The van der Waals surface area contributed by atoms with Crippen LogP contribution in [0.4, 0.5) is 30.4 Å². The van der Waals surface area contributed by atoms with Crippen molar-refractivity contribution in [3.8, 4) is 0 Å². The Kier molecular flexibility index (Phi) is 8.16. The number of piperazine rings is 1. The van der Waals surface area contributed by atoms with Gasteiger partial charge in [0.15, 0.2) is 0 Å². The van der Waals surface area contributed by atoms with E-state index < -0.39 is 21.8 Å². The number of anilines is 3. The number of sulfonamides is 1. The maximum Gasteiger partial charge on any atom is 0.416 e. The van der Waals surface area contributed by atoms with Gasteiger partial charge in [-0.25, -0.2) is 17.7 Å². The molecule has 1 aromatic heterocycles. The summed E-state index contributed by atoms with van der Waals surface area (Å²) in [5, 5.41) is -0.191. The van der Waals surface area contributed by atoms with E-state index in [-0.39, 0.29) is 16.9 Å². The maximum atomic E-state index is 13.5. The van der Waals surface area contributed by atoms with Crippen LogP contribution in [0.15, 0.2) is 59.5 Å². The molecule has 8 nitrogen and oxygen atoms in total. The van der Waals surface area contributed by atoms with Crippen molar-refractivity contribution in [1.82, 2.24) is 9.29 Å². The Morgan fingerprint density at radius 3 is 2.41 bits per heavy atom. The Bertz CT molecular complexity index is 1580. The van der Waals surface area contributed by atoms with Crippen LogP contribution in [0.1, 0.15) is 21.5 Å². The smallest absolute Gasteiger partial charge is 0.354 e. The zero-order valence-electron chi connectivity index (χ0n) is 22.2.